The molecule has 25 heavy (non-hydrogen) atoms. The molecular formula is C17H26N4O2S2. The molecule has 8 heteroatoms. The van der Waals surface area contributed by atoms with E-state index >= 15 is 0 Å². The first-order chi connectivity index (χ1) is 11.8. The average Bonchev–Trinajstić information content (AvgIpc) is 2.87. The molecule has 138 valence electrons. The summed E-state index contributed by atoms with van der Waals surface area (Å²) in [6, 6.07) is 0. The smallest absolute Gasteiger partial charge is 0.213 e. The maximum atomic E-state index is 11.8. The van der Waals surface area contributed by atoms with Crippen LogP contribution in [-0.4, -0.2) is 48.1 Å². The molecule has 0 bridgehead atoms. The molecule has 1 N–H and O–H groups in total. The minimum atomic E-state index is -3.05. The molecule has 3 heterocycles. The van der Waals surface area contributed by atoms with Gasteiger partial charge in [0.25, 0.3) is 0 Å². The van der Waals surface area contributed by atoms with E-state index in [9.17, 15) is 8.42 Å². The summed E-state index contributed by atoms with van der Waals surface area (Å²) < 4.78 is 25.2. The van der Waals surface area contributed by atoms with Crippen molar-refractivity contribution in [3.63, 3.8) is 0 Å². The number of rotatable bonds is 7. The summed E-state index contributed by atoms with van der Waals surface area (Å²) in [7, 11) is -3.05. The van der Waals surface area contributed by atoms with Crippen LogP contribution in [-0.2, 0) is 16.4 Å². The number of fused-ring (bicyclic) bond motifs is 1. The molecule has 1 aliphatic heterocycles. The van der Waals surface area contributed by atoms with E-state index in [1.807, 2.05) is 6.92 Å². The van der Waals surface area contributed by atoms with E-state index in [4.69, 9.17) is 0 Å². The van der Waals surface area contributed by atoms with Gasteiger partial charge in [-0.25, -0.2) is 22.7 Å². The highest BCUT2D eigenvalue weighted by Crippen LogP contribution is 2.32. The first kappa shape index (κ1) is 18.5. The Morgan fingerprint density at radius 2 is 2.08 bits per heavy atom. The van der Waals surface area contributed by atoms with E-state index in [0.29, 0.717) is 24.9 Å². The number of sulfonamides is 1. The fourth-order valence-corrected chi connectivity index (χ4v) is 5.37. The van der Waals surface area contributed by atoms with Gasteiger partial charge in [0.1, 0.15) is 16.5 Å². The molecule has 1 aliphatic rings. The normalized spacial score (nSPS) is 16.5. The highest BCUT2D eigenvalue weighted by Gasteiger charge is 2.34. The van der Waals surface area contributed by atoms with Crippen LogP contribution in [0.5, 0.6) is 0 Å². The van der Waals surface area contributed by atoms with Gasteiger partial charge in [-0.05, 0) is 37.1 Å². The van der Waals surface area contributed by atoms with Crippen molar-refractivity contribution < 1.29 is 8.42 Å². The van der Waals surface area contributed by atoms with Crippen molar-refractivity contribution in [3.8, 4) is 0 Å². The Balaban J connectivity index is 1.72. The molecule has 0 unspecified atom stereocenters. The third-order valence-electron chi connectivity index (χ3n) is 4.49. The van der Waals surface area contributed by atoms with Crippen molar-refractivity contribution >= 4 is 37.4 Å². The molecule has 0 atom stereocenters. The van der Waals surface area contributed by atoms with Crippen molar-refractivity contribution in [3.05, 3.63) is 16.8 Å². The zero-order valence-electron chi connectivity index (χ0n) is 15.2. The number of hydrogen-bond donors (Lipinski definition) is 1. The van der Waals surface area contributed by atoms with E-state index in [2.05, 4.69) is 34.5 Å². The summed E-state index contributed by atoms with van der Waals surface area (Å²) in [5.74, 6) is 2.73. The second kappa shape index (κ2) is 7.17. The Morgan fingerprint density at radius 3 is 2.72 bits per heavy atom. The second-order valence-electron chi connectivity index (χ2n) is 7.12. The van der Waals surface area contributed by atoms with Crippen LogP contribution in [0.2, 0.25) is 0 Å². The number of anilines is 1. The summed E-state index contributed by atoms with van der Waals surface area (Å²) in [6.07, 6.45) is 1.01. The Hall–Kier alpha value is -1.25. The van der Waals surface area contributed by atoms with Gasteiger partial charge in [-0.1, -0.05) is 13.8 Å². The lowest BCUT2D eigenvalue weighted by Gasteiger charge is -2.38. The lowest BCUT2D eigenvalue weighted by Crippen LogP contribution is -2.52. The van der Waals surface area contributed by atoms with Crippen molar-refractivity contribution in [2.45, 2.75) is 34.1 Å². The van der Waals surface area contributed by atoms with E-state index in [1.165, 1.54) is 5.56 Å². The van der Waals surface area contributed by atoms with Gasteiger partial charge < -0.3 is 5.32 Å². The van der Waals surface area contributed by atoms with Crippen LogP contribution in [0.15, 0.2) is 5.38 Å². The quantitative estimate of drug-likeness (QED) is 0.797. The molecule has 3 rings (SSSR count). The fraction of sp³-hybridized carbons (Fsp3) is 0.647. The molecule has 6 nitrogen and oxygen atoms in total. The van der Waals surface area contributed by atoms with Gasteiger partial charge in [-0.2, -0.15) is 0 Å². The van der Waals surface area contributed by atoms with E-state index < -0.39 is 10.0 Å². The summed E-state index contributed by atoms with van der Waals surface area (Å²) >= 11 is 1.67. The SMILES string of the molecule is CCS(=O)(=O)N1CC(CNc2nc(C)nc3scc(CC(C)C)c23)C1. The summed E-state index contributed by atoms with van der Waals surface area (Å²) in [5, 5.41) is 6.76. The molecule has 0 aromatic carbocycles. The van der Waals surface area contributed by atoms with Gasteiger partial charge in [0, 0.05) is 25.6 Å². The molecule has 0 aliphatic carbocycles. The number of hydrogen-bond acceptors (Lipinski definition) is 6. The number of thiophene rings is 1. The van der Waals surface area contributed by atoms with E-state index in [0.717, 1.165) is 34.8 Å². The largest absolute Gasteiger partial charge is 0.369 e. The molecule has 0 saturated carbocycles. The van der Waals surface area contributed by atoms with Crippen molar-refractivity contribution in [1.29, 1.82) is 0 Å². The van der Waals surface area contributed by atoms with Crippen LogP contribution in [0.4, 0.5) is 5.82 Å². The molecule has 0 radical (unpaired) electrons. The van der Waals surface area contributed by atoms with Crippen LogP contribution in [0.25, 0.3) is 10.2 Å². The van der Waals surface area contributed by atoms with Gasteiger partial charge in [-0.3, -0.25) is 0 Å². The first-order valence-electron chi connectivity index (χ1n) is 8.76. The number of aryl methyl sites for hydroxylation is 1. The zero-order valence-corrected chi connectivity index (χ0v) is 16.9. The summed E-state index contributed by atoms with van der Waals surface area (Å²) in [5.41, 5.74) is 1.29. The fourth-order valence-electron chi connectivity index (χ4n) is 3.13. The Labute approximate surface area is 153 Å². The second-order valence-corrected chi connectivity index (χ2v) is 10.2. The predicted molar refractivity (Wildman–Crippen MR) is 104 cm³/mol. The van der Waals surface area contributed by atoms with Crippen LogP contribution < -0.4 is 5.32 Å². The van der Waals surface area contributed by atoms with Crippen LogP contribution in [0, 0.1) is 18.8 Å². The molecular weight excluding hydrogens is 356 g/mol. The lowest BCUT2D eigenvalue weighted by atomic mass is 10.0. The van der Waals surface area contributed by atoms with E-state index in [-0.39, 0.29) is 5.75 Å². The van der Waals surface area contributed by atoms with Crippen LogP contribution in [0.1, 0.15) is 32.2 Å². The first-order valence-corrected chi connectivity index (χ1v) is 11.3. The highest BCUT2D eigenvalue weighted by atomic mass is 32.2. The van der Waals surface area contributed by atoms with Gasteiger partial charge in [0.2, 0.25) is 10.0 Å². The standard InChI is InChI=1S/C17H26N4O2S2/c1-5-25(22,23)21-8-13(9-21)7-18-16-15-14(6-11(2)3)10-24-17(15)20-12(4)19-16/h10-11,13H,5-9H2,1-4H3,(H,18,19,20). The van der Waals surface area contributed by atoms with Gasteiger partial charge in [-0.15, -0.1) is 11.3 Å². The van der Waals surface area contributed by atoms with Crippen LogP contribution in [0.3, 0.4) is 0 Å². The van der Waals surface area contributed by atoms with Gasteiger partial charge >= 0.3 is 0 Å². The Kier molecular flexibility index (Phi) is 5.31. The topological polar surface area (TPSA) is 75.2 Å². The molecule has 2 aromatic rings. The Morgan fingerprint density at radius 1 is 1.36 bits per heavy atom. The Bertz CT molecular complexity index is 855. The average molecular weight is 383 g/mol. The number of nitrogens with one attached hydrogen (secondary N) is 1. The van der Waals surface area contributed by atoms with Crippen molar-refractivity contribution in [2.24, 2.45) is 11.8 Å². The molecule has 2 aromatic heterocycles. The third-order valence-corrected chi connectivity index (χ3v) is 7.23. The predicted octanol–water partition coefficient (Wildman–Crippen LogP) is 2.89. The summed E-state index contributed by atoms with van der Waals surface area (Å²) in [6.45, 7) is 9.95. The van der Waals surface area contributed by atoms with E-state index in [1.54, 1.807) is 22.6 Å². The van der Waals surface area contributed by atoms with Gasteiger partial charge in [0.05, 0.1) is 11.1 Å². The number of nitrogens with zero attached hydrogens (tertiary/aromatic N) is 3. The van der Waals surface area contributed by atoms with Crippen molar-refractivity contribution in [1.82, 2.24) is 14.3 Å². The third kappa shape index (κ3) is 3.96. The minimum absolute atomic E-state index is 0.173. The van der Waals surface area contributed by atoms with Crippen LogP contribution >= 0.6 is 11.3 Å². The maximum absolute atomic E-state index is 11.8. The lowest BCUT2D eigenvalue weighted by molar-refractivity contribution is 0.212. The maximum Gasteiger partial charge on any atom is 0.213 e. The molecule has 1 fully saturated rings. The minimum Gasteiger partial charge on any atom is -0.369 e. The summed E-state index contributed by atoms with van der Waals surface area (Å²) in [4.78, 5) is 10.2. The molecule has 0 spiro atoms. The molecule has 0 amide bonds. The molecule has 1 saturated heterocycles. The highest BCUT2D eigenvalue weighted by molar-refractivity contribution is 7.89. The monoisotopic (exact) mass is 382 g/mol. The zero-order chi connectivity index (χ0) is 18.2. The van der Waals surface area contributed by atoms with Gasteiger partial charge in [0.15, 0.2) is 0 Å². The van der Waals surface area contributed by atoms with Crippen molar-refractivity contribution in [2.75, 3.05) is 30.7 Å². The number of aromatic nitrogens is 2.